The molecule has 1 aromatic carbocycles. The highest BCUT2D eigenvalue weighted by Crippen LogP contribution is 2.29. The molecule has 0 unspecified atom stereocenters. The highest BCUT2D eigenvalue weighted by Gasteiger charge is 2.20. The number of aromatic nitrogens is 3. The fourth-order valence-corrected chi connectivity index (χ4v) is 2.43. The number of fused-ring (bicyclic) bond motifs is 1. The number of hydrogen-bond donors (Lipinski definition) is 1. The molecule has 1 N–H and O–H groups in total. The molecule has 0 amide bonds. The van der Waals surface area contributed by atoms with E-state index in [0.717, 1.165) is 5.39 Å². The maximum Gasteiger partial charge on any atom is 0.339 e. The van der Waals surface area contributed by atoms with Crippen LogP contribution in [0, 0.1) is 5.82 Å². The second-order valence-corrected chi connectivity index (χ2v) is 4.63. The largest absolute Gasteiger partial charge is 0.478 e. The summed E-state index contributed by atoms with van der Waals surface area (Å²) in [5.74, 6) is -1.36. The van der Waals surface area contributed by atoms with Gasteiger partial charge in [-0.05, 0) is 24.3 Å². The predicted molar refractivity (Wildman–Crippen MR) is 72.0 cm³/mol. The van der Waals surface area contributed by atoms with Gasteiger partial charge in [0.05, 0.1) is 23.1 Å². The third-order valence-electron chi connectivity index (χ3n) is 3.42. The lowest BCUT2D eigenvalue weighted by Crippen LogP contribution is -2.03. The summed E-state index contributed by atoms with van der Waals surface area (Å²) in [4.78, 5) is 11.3. The number of rotatable bonds is 2. The second kappa shape index (κ2) is 4.19. The topological polar surface area (TPSA) is 60.1 Å². The molecule has 6 heteroatoms. The van der Waals surface area contributed by atoms with Gasteiger partial charge in [0.15, 0.2) is 0 Å². The van der Waals surface area contributed by atoms with Crippen LogP contribution in [0.25, 0.3) is 22.3 Å². The summed E-state index contributed by atoms with van der Waals surface area (Å²) < 4.78 is 16.6. The first-order valence-electron chi connectivity index (χ1n) is 5.99. The normalized spacial score (nSPS) is 11.2. The van der Waals surface area contributed by atoms with Crippen molar-refractivity contribution in [3.8, 4) is 11.4 Å². The number of benzene rings is 1. The van der Waals surface area contributed by atoms with Crippen molar-refractivity contribution in [2.45, 2.75) is 0 Å². The van der Waals surface area contributed by atoms with Crippen molar-refractivity contribution in [1.82, 2.24) is 14.3 Å². The van der Waals surface area contributed by atoms with E-state index < -0.39 is 5.97 Å². The number of hydrogen-bond acceptors (Lipinski definition) is 2. The van der Waals surface area contributed by atoms with Crippen LogP contribution < -0.4 is 0 Å². The Bertz CT molecular complexity index is 832. The van der Waals surface area contributed by atoms with Gasteiger partial charge in [-0.2, -0.15) is 5.10 Å². The van der Waals surface area contributed by atoms with Crippen LogP contribution in [0.4, 0.5) is 4.39 Å². The van der Waals surface area contributed by atoms with Gasteiger partial charge in [-0.3, -0.25) is 4.68 Å². The molecule has 0 saturated carbocycles. The summed E-state index contributed by atoms with van der Waals surface area (Å²) in [5.41, 5.74) is 2.01. The molecule has 0 spiro atoms. The van der Waals surface area contributed by atoms with Gasteiger partial charge in [0.2, 0.25) is 0 Å². The molecule has 2 aromatic heterocycles. The first kappa shape index (κ1) is 12.4. The fraction of sp³-hybridized carbons (Fsp3) is 0.143. The zero-order valence-corrected chi connectivity index (χ0v) is 11.0. The highest BCUT2D eigenvalue weighted by molar-refractivity contribution is 5.96. The first-order valence-corrected chi connectivity index (χ1v) is 5.99. The third kappa shape index (κ3) is 1.69. The number of halogens is 1. The molecule has 0 bridgehead atoms. The Hall–Kier alpha value is -2.63. The van der Waals surface area contributed by atoms with Crippen molar-refractivity contribution >= 4 is 16.9 Å². The van der Waals surface area contributed by atoms with Gasteiger partial charge in [0.25, 0.3) is 0 Å². The van der Waals surface area contributed by atoms with Crippen molar-refractivity contribution in [2.24, 2.45) is 14.1 Å². The molecule has 0 radical (unpaired) electrons. The monoisotopic (exact) mass is 273 g/mol. The predicted octanol–water partition coefficient (Wildman–Crippen LogP) is 2.42. The van der Waals surface area contributed by atoms with Crippen LogP contribution in [0.5, 0.6) is 0 Å². The number of carboxylic acids is 1. The quantitative estimate of drug-likeness (QED) is 0.780. The average molecular weight is 273 g/mol. The van der Waals surface area contributed by atoms with Gasteiger partial charge in [-0.25, -0.2) is 9.18 Å². The van der Waals surface area contributed by atoms with E-state index in [1.165, 1.54) is 23.0 Å². The summed E-state index contributed by atoms with van der Waals surface area (Å²) in [6.45, 7) is 0. The highest BCUT2D eigenvalue weighted by atomic mass is 19.1. The zero-order valence-electron chi connectivity index (χ0n) is 11.0. The van der Waals surface area contributed by atoms with Crippen LogP contribution in [0.15, 0.2) is 30.5 Å². The standard InChI is InChI=1S/C14H12FN3O2/c1-17-11-6-9(15)4-3-8(11)5-12(17)13-10(14(19)20)7-16-18(13)2/h3-7H,1-2H3,(H,19,20). The van der Waals surface area contributed by atoms with Gasteiger partial charge >= 0.3 is 5.97 Å². The number of nitrogens with zero attached hydrogens (tertiary/aromatic N) is 3. The number of aromatic carboxylic acids is 1. The molecule has 3 rings (SSSR count). The number of carboxylic acid groups (broad SMARTS) is 1. The second-order valence-electron chi connectivity index (χ2n) is 4.63. The van der Waals surface area contributed by atoms with Gasteiger partial charge in [-0.1, -0.05) is 0 Å². The lowest BCUT2D eigenvalue weighted by atomic mass is 10.2. The Morgan fingerprint density at radius 2 is 2.05 bits per heavy atom. The first-order chi connectivity index (χ1) is 9.49. The summed E-state index contributed by atoms with van der Waals surface area (Å²) in [6.07, 6.45) is 1.32. The van der Waals surface area contributed by atoms with Crippen LogP contribution in [0.2, 0.25) is 0 Å². The van der Waals surface area contributed by atoms with Crippen molar-refractivity contribution < 1.29 is 14.3 Å². The average Bonchev–Trinajstić information content (AvgIpc) is 2.91. The molecule has 0 fully saturated rings. The van der Waals surface area contributed by atoms with Gasteiger partial charge < -0.3 is 9.67 Å². The minimum atomic E-state index is -1.04. The Morgan fingerprint density at radius 3 is 2.75 bits per heavy atom. The number of aryl methyl sites for hydroxylation is 2. The Labute approximate surface area is 113 Å². The maximum absolute atomic E-state index is 13.3. The van der Waals surface area contributed by atoms with E-state index in [-0.39, 0.29) is 11.4 Å². The van der Waals surface area contributed by atoms with E-state index in [2.05, 4.69) is 5.10 Å². The van der Waals surface area contributed by atoms with E-state index in [9.17, 15) is 14.3 Å². The van der Waals surface area contributed by atoms with Gasteiger partial charge in [-0.15, -0.1) is 0 Å². The van der Waals surface area contributed by atoms with E-state index in [1.807, 2.05) is 6.07 Å². The molecule has 0 aliphatic rings. The molecule has 5 nitrogen and oxygen atoms in total. The molecule has 0 saturated heterocycles. The van der Waals surface area contributed by atoms with E-state index in [1.54, 1.807) is 24.7 Å². The van der Waals surface area contributed by atoms with Gasteiger partial charge in [0, 0.05) is 19.5 Å². The molecule has 20 heavy (non-hydrogen) atoms. The van der Waals surface area contributed by atoms with E-state index in [0.29, 0.717) is 16.9 Å². The maximum atomic E-state index is 13.3. The van der Waals surface area contributed by atoms with Crippen LogP contribution in [-0.2, 0) is 14.1 Å². The Balaban J connectivity index is 2.33. The molecule has 0 atom stereocenters. The van der Waals surface area contributed by atoms with Crippen LogP contribution in [-0.4, -0.2) is 25.4 Å². The molecule has 2 heterocycles. The Kier molecular flexibility index (Phi) is 2.60. The van der Waals surface area contributed by atoms with Crippen LogP contribution in [0.3, 0.4) is 0 Å². The minimum Gasteiger partial charge on any atom is -0.478 e. The van der Waals surface area contributed by atoms with Crippen molar-refractivity contribution in [3.05, 3.63) is 41.8 Å². The lowest BCUT2D eigenvalue weighted by molar-refractivity contribution is 0.0697. The molecular weight excluding hydrogens is 261 g/mol. The summed E-state index contributed by atoms with van der Waals surface area (Å²) in [5, 5.41) is 14.1. The Morgan fingerprint density at radius 1 is 1.30 bits per heavy atom. The van der Waals surface area contributed by atoms with E-state index in [4.69, 9.17) is 0 Å². The lowest BCUT2D eigenvalue weighted by Gasteiger charge is -2.06. The fourth-order valence-electron chi connectivity index (χ4n) is 2.43. The van der Waals surface area contributed by atoms with Gasteiger partial charge in [0.1, 0.15) is 11.4 Å². The summed E-state index contributed by atoms with van der Waals surface area (Å²) in [6, 6.07) is 6.31. The molecule has 0 aliphatic heterocycles. The third-order valence-corrected chi connectivity index (χ3v) is 3.42. The minimum absolute atomic E-state index is 0.124. The zero-order chi connectivity index (χ0) is 14.4. The summed E-state index contributed by atoms with van der Waals surface area (Å²) in [7, 11) is 3.45. The number of carbonyl (C=O) groups is 1. The molecular formula is C14H12FN3O2. The molecule has 3 aromatic rings. The van der Waals surface area contributed by atoms with Crippen molar-refractivity contribution in [1.29, 1.82) is 0 Å². The van der Waals surface area contributed by atoms with Crippen LogP contribution in [0.1, 0.15) is 10.4 Å². The smallest absolute Gasteiger partial charge is 0.339 e. The van der Waals surface area contributed by atoms with Crippen molar-refractivity contribution in [3.63, 3.8) is 0 Å². The SMILES string of the molecule is Cn1ncc(C(=O)O)c1-c1cc2ccc(F)cc2n1C. The van der Waals surface area contributed by atoms with Crippen LogP contribution >= 0.6 is 0 Å². The molecule has 102 valence electrons. The summed E-state index contributed by atoms with van der Waals surface area (Å²) >= 11 is 0. The van der Waals surface area contributed by atoms with Crippen molar-refractivity contribution in [2.75, 3.05) is 0 Å². The van der Waals surface area contributed by atoms with E-state index >= 15 is 0 Å². The molecule has 0 aliphatic carbocycles.